The fourth-order valence-electron chi connectivity index (χ4n) is 2.86. The van der Waals surface area contributed by atoms with Gasteiger partial charge < -0.3 is 10.2 Å². The number of amides is 1. The van der Waals surface area contributed by atoms with Crippen molar-refractivity contribution in [2.45, 2.75) is 44.9 Å². The van der Waals surface area contributed by atoms with Crippen LogP contribution in [0.2, 0.25) is 0 Å². The van der Waals surface area contributed by atoms with Gasteiger partial charge in [-0.25, -0.2) is 0 Å². The Labute approximate surface area is 140 Å². The maximum absolute atomic E-state index is 12.1. The number of rotatable bonds is 9. The fourth-order valence-corrected chi connectivity index (χ4v) is 2.86. The zero-order valence-corrected chi connectivity index (χ0v) is 14.3. The van der Waals surface area contributed by atoms with Crippen LogP contribution in [-0.4, -0.2) is 42.5 Å². The molecular weight excluding hydrogens is 286 g/mol. The summed E-state index contributed by atoms with van der Waals surface area (Å²) in [5, 5.41) is 3.40. The van der Waals surface area contributed by atoms with Crippen LogP contribution in [0.15, 0.2) is 36.2 Å². The Morgan fingerprint density at radius 1 is 1.22 bits per heavy atom. The second-order valence-electron chi connectivity index (χ2n) is 6.28. The van der Waals surface area contributed by atoms with Crippen LogP contribution in [0.4, 0.5) is 0 Å². The summed E-state index contributed by atoms with van der Waals surface area (Å²) in [5.41, 5.74) is 2.81. The van der Waals surface area contributed by atoms with Crippen LogP contribution in [-0.2, 0) is 11.2 Å². The van der Waals surface area contributed by atoms with Gasteiger partial charge in [-0.3, -0.25) is 9.78 Å². The lowest BCUT2D eigenvalue weighted by Gasteiger charge is -2.17. The number of carbonyl (C=O) groups is 1. The van der Waals surface area contributed by atoms with Crippen molar-refractivity contribution in [3.63, 3.8) is 0 Å². The Hall–Kier alpha value is -1.68. The largest absolute Gasteiger partial charge is 0.345 e. The van der Waals surface area contributed by atoms with E-state index < -0.39 is 0 Å². The monoisotopic (exact) mass is 315 g/mol. The SMILES string of the molecule is CN(CCc1ccncc1)C(=O)CCNCCC1=CCCCC1. The van der Waals surface area contributed by atoms with Crippen molar-refractivity contribution in [1.29, 1.82) is 0 Å². The lowest BCUT2D eigenvalue weighted by molar-refractivity contribution is -0.129. The van der Waals surface area contributed by atoms with E-state index in [2.05, 4.69) is 16.4 Å². The summed E-state index contributed by atoms with van der Waals surface area (Å²) in [4.78, 5) is 17.9. The van der Waals surface area contributed by atoms with Gasteiger partial charge in [0.2, 0.25) is 5.91 Å². The second kappa shape index (κ2) is 10.2. The minimum Gasteiger partial charge on any atom is -0.345 e. The normalized spacial score (nSPS) is 14.4. The van der Waals surface area contributed by atoms with Crippen LogP contribution in [0, 0.1) is 0 Å². The van der Waals surface area contributed by atoms with Gasteiger partial charge in [0.15, 0.2) is 0 Å². The van der Waals surface area contributed by atoms with Gasteiger partial charge in [-0.05, 0) is 62.8 Å². The van der Waals surface area contributed by atoms with E-state index in [1.807, 2.05) is 24.1 Å². The molecule has 1 aromatic heterocycles. The average Bonchev–Trinajstić information content (AvgIpc) is 2.61. The van der Waals surface area contributed by atoms with E-state index in [-0.39, 0.29) is 5.91 Å². The molecule has 0 fully saturated rings. The predicted octanol–water partition coefficient (Wildman–Crippen LogP) is 2.95. The number of carbonyl (C=O) groups excluding carboxylic acids is 1. The number of hydrogen-bond acceptors (Lipinski definition) is 3. The highest BCUT2D eigenvalue weighted by molar-refractivity contribution is 5.76. The number of aromatic nitrogens is 1. The topological polar surface area (TPSA) is 45.2 Å². The maximum Gasteiger partial charge on any atom is 0.223 e. The summed E-state index contributed by atoms with van der Waals surface area (Å²) >= 11 is 0. The Kier molecular flexibility index (Phi) is 7.81. The molecule has 23 heavy (non-hydrogen) atoms. The third-order valence-electron chi connectivity index (χ3n) is 4.43. The fraction of sp³-hybridized carbons (Fsp3) is 0.579. The molecule has 0 aliphatic heterocycles. The van der Waals surface area contributed by atoms with Crippen LogP contribution in [0.3, 0.4) is 0 Å². The lowest BCUT2D eigenvalue weighted by Crippen LogP contribution is -2.31. The molecule has 1 N–H and O–H groups in total. The van der Waals surface area contributed by atoms with Gasteiger partial charge in [-0.1, -0.05) is 11.6 Å². The van der Waals surface area contributed by atoms with Crippen LogP contribution in [0.1, 0.15) is 44.1 Å². The highest BCUT2D eigenvalue weighted by Gasteiger charge is 2.08. The molecule has 0 bridgehead atoms. The molecule has 4 heteroatoms. The Morgan fingerprint density at radius 2 is 2.04 bits per heavy atom. The van der Waals surface area contributed by atoms with Gasteiger partial charge in [0.25, 0.3) is 0 Å². The van der Waals surface area contributed by atoms with E-state index in [1.54, 1.807) is 18.0 Å². The number of hydrogen-bond donors (Lipinski definition) is 1. The first-order valence-corrected chi connectivity index (χ1v) is 8.77. The van der Waals surface area contributed by atoms with E-state index in [4.69, 9.17) is 0 Å². The zero-order chi connectivity index (χ0) is 16.3. The van der Waals surface area contributed by atoms with Crippen LogP contribution in [0.25, 0.3) is 0 Å². The van der Waals surface area contributed by atoms with E-state index in [9.17, 15) is 4.79 Å². The third-order valence-corrected chi connectivity index (χ3v) is 4.43. The lowest BCUT2D eigenvalue weighted by atomic mass is 9.97. The average molecular weight is 315 g/mol. The van der Waals surface area contributed by atoms with Gasteiger partial charge >= 0.3 is 0 Å². The van der Waals surface area contributed by atoms with Crippen molar-refractivity contribution in [3.8, 4) is 0 Å². The van der Waals surface area contributed by atoms with Crippen molar-refractivity contribution < 1.29 is 4.79 Å². The minimum atomic E-state index is 0.212. The molecule has 1 aliphatic rings. The molecule has 0 aromatic carbocycles. The Balaban J connectivity index is 1.54. The van der Waals surface area contributed by atoms with Gasteiger partial charge in [0.05, 0.1) is 0 Å². The zero-order valence-electron chi connectivity index (χ0n) is 14.3. The second-order valence-corrected chi connectivity index (χ2v) is 6.28. The molecule has 1 aliphatic carbocycles. The Morgan fingerprint density at radius 3 is 2.78 bits per heavy atom. The summed E-state index contributed by atoms with van der Waals surface area (Å²) in [6.07, 6.45) is 13.8. The number of allylic oxidation sites excluding steroid dienone is 1. The molecule has 0 radical (unpaired) electrons. The Bertz CT molecular complexity index is 499. The molecule has 4 nitrogen and oxygen atoms in total. The molecule has 0 spiro atoms. The highest BCUT2D eigenvalue weighted by Crippen LogP contribution is 2.19. The minimum absolute atomic E-state index is 0.212. The molecular formula is C19H29N3O. The van der Waals surface area contributed by atoms with Crippen molar-refractivity contribution >= 4 is 5.91 Å². The number of nitrogens with zero attached hydrogens (tertiary/aromatic N) is 2. The molecule has 2 rings (SSSR count). The van der Waals surface area contributed by atoms with Crippen LogP contribution < -0.4 is 5.32 Å². The molecule has 0 unspecified atom stereocenters. The maximum atomic E-state index is 12.1. The first-order chi connectivity index (χ1) is 11.3. The molecule has 0 saturated heterocycles. The molecule has 126 valence electrons. The predicted molar refractivity (Wildman–Crippen MR) is 94.2 cm³/mol. The van der Waals surface area contributed by atoms with Gasteiger partial charge in [-0.2, -0.15) is 0 Å². The molecule has 1 amide bonds. The molecule has 0 atom stereocenters. The van der Waals surface area contributed by atoms with E-state index in [1.165, 1.54) is 31.2 Å². The van der Waals surface area contributed by atoms with Crippen molar-refractivity contribution in [1.82, 2.24) is 15.2 Å². The first kappa shape index (κ1) is 17.7. The van der Waals surface area contributed by atoms with E-state index >= 15 is 0 Å². The highest BCUT2D eigenvalue weighted by atomic mass is 16.2. The summed E-state index contributed by atoms with van der Waals surface area (Å²) in [5.74, 6) is 0.212. The summed E-state index contributed by atoms with van der Waals surface area (Å²) in [6, 6.07) is 4.00. The van der Waals surface area contributed by atoms with Gasteiger partial charge in [-0.15, -0.1) is 0 Å². The van der Waals surface area contributed by atoms with E-state index in [0.29, 0.717) is 6.42 Å². The number of likely N-dealkylation sites (N-methyl/N-ethyl adjacent to an activating group) is 1. The summed E-state index contributed by atoms with van der Waals surface area (Å²) < 4.78 is 0. The molecule has 0 saturated carbocycles. The van der Waals surface area contributed by atoms with Gasteiger partial charge in [0.1, 0.15) is 0 Å². The first-order valence-electron chi connectivity index (χ1n) is 8.77. The molecule has 1 heterocycles. The van der Waals surface area contributed by atoms with Crippen LogP contribution >= 0.6 is 0 Å². The van der Waals surface area contributed by atoms with Crippen molar-refractivity contribution in [2.75, 3.05) is 26.7 Å². The van der Waals surface area contributed by atoms with E-state index in [0.717, 1.165) is 32.5 Å². The standard InChI is InChI=1S/C19H29N3O/c1-22(16-11-18-8-13-20-14-9-18)19(23)10-15-21-12-7-17-5-3-2-4-6-17/h5,8-9,13-14,21H,2-4,6-7,10-12,15-16H2,1H3. The van der Waals surface area contributed by atoms with Gasteiger partial charge in [0, 0.05) is 39.0 Å². The summed E-state index contributed by atoms with van der Waals surface area (Å²) in [7, 11) is 1.89. The van der Waals surface area contributed by atoms with Crippen molar-refractivity contribution in [3.05, 3.63) is 41.7 Å². The number of nitrogens with one attached hydrogen (secondary N) is 1. The van der Waals surface area contributed by atoms with Crippen molar-refractivity contribution in [2.24, 2.45) is 0 Å². The quantitative estimate of drug-likeness (QED) is 0.563. The third kappa shape index (κ3) is 6.95. The smallest absolute Gasteiger partial charge is 0.223 e. The molecule has 1 aromatic rings. The van der Waals surface area contributed by atoms with Crippen LogP contribution in [0.5, 0.6) is 0 Å². The number of pyridine rings is 1. The summed E-state index contributed by atoms with van der Waals surface area (Å²) in [6.45, 7) is 2.52.